The second-order valence-electron chi connectivity index (χ2n) is 5.16. The highest BCUT2D eigenvalue weighted by molar-refractivity contribution is 6.27. The van der Waals surface area contributed by atoms with Crippen LogP contribution in [-0.2, 0) is 4.79 Å². The molecule has 0 aromatic carbocycles. The third-order valence-corrected chi connectivity index (χ3v) is 3.94. The van der Waals surface area contributed by atoms with Crippen LogP contribution in [0.5, 0.6) is 0 Å². The molecule has 1 aliphatic heterocycles. The van der Waals surface area contributed by atoms with Crippen molar-refractivity contribution in [2.45, 2.75) is 31.7 Å². The Morgan fingerprint density at radius 1 is 1.31 bits per heavy atom. The molecule has 92 valence electrons. The quantitative estimate of drug-likeness (QED) is 0.701. The minimum absolute atomic E-state index is 0.128. The van der Waals surface area contributed by atoms with E-state index in [1.807, 2.05) is 4.90 Å². The van der Waals surface area contributed by atoms with Gasteiger partial charge in [0.1, 0.15) is 5.88 Å². The van der Waals surface area contributed by atoms with E-state index in [1.165, 1.54) is 25.7 Å². The van der Waals surface area contributed by atoms with Crippen molar-refractivity contribution in [3.8, 4) is 0 Å². The Bertz CT molecular complexity index is 247. The molecule has 2 rings (SSSR count). The standard InChI is InChI=1S/C12H21ClN2O/c1-14-6-4-10(5-7-14)9-15(11-2-3-11)12(16)8-13/h10-11H,2-9H2,1H3. The van der Waals surface area contributed by atoms with Gasteiger partial charge in [-0.25, -0.2) is 0 Å². The highest BCUT2D eigenvalue weighted by atomic mass is 35.5. The number of rotatable bonds is 4. The van der Waals surface area contributed by atoms with Gasteiger partial charge in [-0.1, -0.05) is 0 Å². The number of carbonyl (C=O) groups excluding carboxylic acids is 1. The molecular weight excluding hydrogens is 224 g/mol. The molecule has 0 aromatic rings. The first-order valence-electron chi connectivity index (χ1n) is 6.24. The second-order valence-corrected chi connectivity index (χ2v) is 5.42. The maximum atomic E-state index is 11.7. The first-order valence-corrected chi connectivity index (χ1v) is 6.78. The minimum Gasteiger partial charge on any atom is -0.338 e. The molecule has 1 amide bonds. The van der Waals surface area contributed by atoms with Gasteiger partial charge in [0.15, 0.2) is 0 Å². The van der Waals surface area contributed by atoms with E-state index in [4.69, 9.17) is 11.6 Å². The van der Waals surface area contributed by atoms with Crippen molar-refractivity contribution in [1.82, 2.24) is 9.80 Å². The third kappa shape index (κ3) is 3.11. The number of likely N-dealkylation sites (tertiary alicyclic amines) is 1. The van der Waals surface area contributed by atoms with Gasteiger partial charge in [-0.2, -0.15) is 0 Å². The summed E-state index contributed by atoms with van der Waals surface area (Å²) in [6, 6.07) is 0.505. The molecule has 2 aliphatic rings. The molecule has 1 aliphatic carbocycles. The summed E-state index contributed by atoms with van der Waals surface area (Å²) in [7, 11) is 2.17. The number of hydrogen-bond acceptors (Lipinski definition) is 2. The van der Waals surface area contributed by atoms with Gasteiger partial charge in [0, 0.05) is 12.6 Å². The van der Waals surface area contributed by atoms with Crippen LogP contribution in [0, 0.1) is 5.92 Å². The van der Waals surface area contributed by atoms with Gasteiger partial charge >= 0.3 is 0 Å². The predicted molar refractivity (Wildman–Crippen MR) is 65.7 cm³/mol. The van der Waals surface area contributed by atoms with Gasteiger partial charge in [-0.15, -0.1) is 11.6 Å². The molecule has 0 aromatic heterocycles. The summed E-state index contributed by atoms with van der Waals surface area (Å²) >= 11 is 5.66. The van der Waals surface area contributed by atoms with Crippen molar-refractivity contribution in [2.24, 2.45) is 5.92 Å². The number of alkyl halides is 1. The van der Waals surface area contributed by atoms with Crippen LogP contribution < -0.4 is 0 Å². The van der Waals surface area contributed by atoms with Crippen molar-refractivity contribution in [3.63, 3.8) is 0 Å². The van der Waals surface area contributed by atoms with Gasteiger partial charge in [-0.3, -0.25) is 4.79 Å². The monoisotopic (exact) mass is 244 g/mol. The molecule has 0 N–H and O–H groups in total. The summed E-state index contributed by atoms with van der Waals surface area (Å²) in [5.74, 6) is 0.954. The molecule has 0 atom stereocenters. The Kier molecular flexibility index (Phi) is 4.09. The molecule has 1 heterocycles. The average molecular weight is 245 g/mol. The lowest BCUT2D eigenvalue weighted by atomic mass is 9.96. The molecule has 2 fully saturated rings. The molecule has 0 spiro atoms. The summed E-state index contributed by atoms with van der Waals surface area (Å²) < 4.78 is 0. The Morgan fingerprint density at radius 2 is 1.94 bits per heavy atom. The fraction of sp³-hybridized carbons (Fsp3) is 0.917. The van der Waals surface area contributed by atoms with Crippen LogP contribution in [0.1, 0.15) is 25.7 Å². The maximum absolute atomic E-state index is 11.7. The Labute approximate surface area is 103 Å². The van der Waals surface area contributed by atoms with Crippen LogP contribution in [0.25, 0.3) is 0 Å². The van der Waals surface area contributed by atoms with Crippen LogP contribution in [-0.4, -0.2) is 54.3 Å². The molecule has 4 heteroatoms. The molecule has 16 heavy (non-hydrogen) atoms. The molecule has 0 radical (unpaired) electrons. The Morgan fingerprint density at radius 3 is 2.44 bits per heavy atom. The molecule has 1 saturated heterocycles. The summed E-state index contributed by atoms with van der Waals surface area (Å²) in [4.78, 5) is 16.1. The van der Waals surface area contributed by atoms with Gasteiger partial charge in [0.25, 0.3) is 0 Å². The van der Waals surface area contributed by atoms with Crippen molar-refractivity contribution in [2.75, 3.05) is 32.6 Å². The van der Waals surface area contributed by atoms with Crippen LogP contribution in [0.15, 0.2) is 0 Å². The first kappa shape index (κ1) is 12.2. The Hall–Kier alpha value is -0.280. The fourth-order valence-corrected chi connectivity index (χ4v) is 2.59. The number of amides is 1. The first-order chi connectivity index (χ1) is 7.70. The Balaban J connectivity index is 1.83. The largest absolute Gasteiger partial charge is 0.338 e. The van der Waals surface area contributed by atoms with Gasteiger partial charge < -0.3 is 9.80 Å². The summed E-state index contributed by atoms with van der Waals surface area (Å²) in [5.41, 5.74) is 0. The lowest BCUT2D eigenvalue weighted by molar-refractivity contribution is -0.129. The van der Waals surface area contributed by atoms with Gasteiger partial charge in [-0.05, 0) is 51.7 Å². The van der Waals surface area contributed by atoms with E-state index in [9.17, 15) is 4.79 Å². The van der Waals surface area contributed by atoms with Crippen molar-refractivity contribution in [1.29, 1.82) is 0 Å². The van der Waals surface area contributed by atoms with Gasteiger partial charge in [0.2, 0.25) is 5.91 Å². The van der Waals surface area contributed by atoms with Crippen LogP contribution >= 0.6 is 11.6 Å². The average Bonchev–Trinajstić information content (AvgIpc) is 3.11. The van der Waals surface area contributed by atoms with E-state index in [0.717, 1.165) is 19.6 Å². The van der Waals surface area contributed by atoms with Crippen molar-refractivity contribution in [3.05, 3.63) is 0 Å². The second kappa shape index (κ2) is 5.37. The fourth-order valence-electron chi connectivity index (χ4n) is 2.44. The summed E-state index contributed by atoms with van der Waals surface area (Å²) in [6.45, 7) is 3.26. The summed E-state index contributed by atoms with van der Waals surface area (Å²) in [6.07, 6.45) is 4.79. The van der Waals surface area contributed by atoms with E-state index < -0.39 is 0 Å². The summed E-state index contributed by atoms with van der Waals surface area (Å²) in [5, 5.41) is 0. The number of hydrogen-bond donors (Lipinski definition) is 0. The smallest absolute Gasteiger partial charge is 0.237 e. The van der Waals surface area contributed by atoms with Crippen LogP contribution in [0.4, 0.5) is 0 Å². The normalized spacial score (nSPS) is 23.4. The zero-order valence-electron chi connectivity index (χ0n) is 9.99. The zero-order chi connectivity index (χ0) is 11.5. The third-order valence-electron chi connectivity index (χ3n) is 3.72. The van der Waals surface area contributed by atoms with E-state index in [1.54, 1.807) is 0 Å². The number of piperidine rings is 1. The van der Waals surface area contributed by atoms with Gasteiger partial charge in [0.05, 0.1) is 0 Å². The lowest BCUT2D eigenvalue weighted by Gasteiger charge is -2.33. The lowest BCUT2D eigenvalue weighted by Crippen LogP contribution is -2.41. The number of carbonyl (C=O) groups is 1. The van der Waals surface area contributed by atoms with E-state index >= 15 is 0 Å². The van der Waals surface area contributed by atoms with Crippen molar-refractivity contribution < 1.29 is 4.79 Å². The van der Waals surface area contributed by atoms with E-state index in [2.05, 4.69) is 11.9 Å². The molecule has 0 bridgehead atoms. The van der Waals surface area contributed by atoms with Crippen LogP contribution in [0.3, 0.4) is 0 Å². The highest BCUT2D eigenvalue weighted by Crippen LogP contribution is 2.29. The number of nitrogens with zero attached hydrogens (tertiary/aromatic N) is 2. The van der Waals surface area contributed by atoms with Crippen molar-refractivity contribution >= 4 is 17.5 Å². The maximum Gasteiger partial charge on any atom is 0.237 e. The molecule has 3 nitrogen and oxygen atoms in total. The topological polar surface area (TPSA) is 23.6 Å². The number of halogens is 1. The highest BCUT2D eigenvalue weighted by Gasteiger charge is 2.33. The van der Waals surface area contributed by atoms with E-state index in [0.29, 0.717) is 12.0 Å². The minimum atomic E-state index is 0.128. The van der Waals surface area contributed by atoms with E-state index in [-0.39, 0.29) is 11.8 Å². The SMILES string of the molecule is CN1CCC(CN(C(=O)CCl)C2CC2)CC1. The zero-order valence-corrected chi connectivity index (χ0v) is 10.7. The van der Waals surface area contributed by atoms with Crippen LogP contribution in [0.2, 0.25) is 0 Å². The molecule has 0 unspecified atom stereocenters. The molecule has 1 saturated carbocycles. The predicted octanol–water partition coefficient (Wildman–Crippen LogP) is 1.56. The molecular formula is C12H21ClN2O.